The number of hydrogen-bond acceptors (Lipinski definition) is 4. The Morgan fingerprint density at radius 2 is 1.92 bits per heavy atom. The molecule has 1 heterocycles. The van der Waals surface area contributed by atoms with Gasteiger partial charge in [-0.05, 0) is 11.8 Å². The van der Waals surface area contributed by atoms with Crippen LogP contribution in [0.15, 0.2) is 0 Å². The molecule has 0 spiro atoms. The van der Waals surface area contributed by atoms with Crippen LogP contribution >= 0.6 is 31.8 Å². The quantitative estimate of drug-likeness (QED) is 0.575. The molecule has 13 heavy (non-hydrogen) atoms. The molecule has 78 valence electrons. The molecule has 0 unspecified atom stereocenters. The fourth-order valence-corrected chi connectivity index (χ4v) is 5.72. The molecule has 0 atom stereocenters. The molecule has 0 radical (unpaired) electrons. The number of halogens is 1. The maximum atomic E-state index is 5.61. The molecule has 7 heteroatoms. The summed E-state index contributed by atoms with van der Waals surface area (Å²) in [5.74, 6) is 0. The molecule has 1 rings (SSSR count). The Bertz CT molecular complexity index is 225. The second-order valence-corrected chi connectivity index (χ2v) is 8.98. The molecule has 1 fully saturated rings. The molecule has 1 saturated heterocycles. The van der Waals surface area contributed by atoms with E-state index in [2.05, 4.69) is 28.7 Å². The summed E-state index contributed by atoms with van der Waals surface area (Å²) in [5, 5.41) is 0. The second kappa shape index (κ2) is 4.47. The monoisotopic (exact) mass is 305 g/mol. The third kappa shape index (κ3) is 3.16. The Morgan fingerprint density at radius 3 is 2.31 bits per heavy atom. The Labute approximate surface area is 96.1 Å². The number of nitrogens with zero attached hydrogens (tertiary/aromatic N) is 1. The molecule has 3 nitrogen and oxygen atoms in total. The van der Waals surface area contributed by atoms with E-state index in [0.717, 1.165) is 0 Å². The molecule has 0 aliphatic carbocycles. The van der Waals surface area contributed by atoms with Gasteiger partial charge in [-0.25, -0.2) is 0 Å². The van der Waals surface area contributed by atoms with Crippen LogP contribution in [-0.4, -0.2) is 24.3 Å². The minimum atomic E-state index is -2.20. The summed E-state index contributed by atoms with van der Waals surface area (Å²) in [6.07, 6.45) is 0. The zero-order chi connectivity index (χ0) is 10.1. The third-order valence-corrected chi connectivity index (χ3v) is 8.02. The van der Waals surface area contributed by atoms with Crippen LogP contribution < -0.4 is 0 Å². The van der Waals surface area contributed by atoms with E-state index in [4.69, 9.17) is 20.9 Å². The molecule has 0 bridgehead atoms. The van der Waals surface area contributed by atoms with Crippen LogP contribution in [0.5, 0.6) is 0 Å². The summed E-state index contributed by atoms with van der Waals surface area (Å²) < 4.78 is 13.1. The summed E-state index contributed by atoms with van der Waals surface area (Å²) in [4.78, 5) is 0. The SMILES string of the molecule is CN(SBr)P1(=S)OCC(C)(C)CO1. The van der Waals surface area contributed by atoms with Crippen LogP contribution in [0.25, 0.3) is 0 Å². The maximum Gasteiger partial charge on any atom is 0.274 e. The summed E-state index contributed by atoms with van der Waals surface area (Å²) in [6, 6.07) is 0. The molecule has 0 N–H and O–H groups in total. The van der Waals surface area contributed by atoms with Crippen molar-refractivity contribution in [2.75, 3.05) is 20.3 Å². The van der Waals surface area contributed by atoms with Crippen LogP contribution in [-0.2, 0) is 20.9 Å². The lowest BCUT2D eigenvalue weighted by Crippen LogP contribution is -2.31. The summed E-state index contributed by atoms with van der Waals surface area (Å²) in [7, 11) is 3.24. The van der Waals surface area contributed by atoms with E-state index in [1.54, 1.807) is 0 Å². The van der Waals surface area contributed by atoms with Gasteiger partial charge in [-0.3, -0.25) is 0 Å². The van der Waals surface area contributed by atoms with E-state index in [-0.39, 0.29) is 5.41 Å². The topological polar surface area (TPSA) is 21.7 Å². The molecule has 1 aliphatic rings. The predicted molar refractivity (Wildman–Crippen MR) is 64.3 cm³/mol. The average molecular weight is 306 g/mol. The molecule has 0 saturated carbocycles. The van der Waals surface area contributed by atoms with E-state index < -0.39 is 6.64 Å². The Kier molecular flexibility index (Phi) is 4.28. The van der Waals surface area contributed by atoms with Gasteiger partial charge in [0.25, 0.3) is 6.64 Å². The molecule has 0 aromatic carbocycles. The lowest BCUT2D eigenvalue weighted by molar-refractivity contribution is 0.0521. The van der Waals surface area contributed by atoms with E-state index in [1.165, 1.54) is 10.4 Å². The van der Waals surface area contributed by atoms with E-state index in [9.17, 15) is 0 Å². The van der Waals surface area contributed by atoms with Crippen molar-refractivity contribution in [2.24, 2.45) is 5.41 Å². The summed E-state index contributed by atoms with van der Waals surface area (Å²) in [5.41, 5.74) is 0.0835. The molecule has 1 aliphatic heterocycles. The maximum absolute atomic E-state index is 5.61. The fraction of sp³-hybridized carbons (Fsp3) is 1.00. The first kappa shape index (κ1) is 12.4. The second-order valence-electron chi connectivity index (χ2n) is 3.71. The van der Waals surface area contributed by atoms with Crippen molar-refractivity contribution in [3.05, 3.63) is 0 Å². The highest BCUT2D eigenvalue weighted by molar-refractivity contribution is 9.50. The lowest BCUT2D eigenvalue weighted by atomic mass is 9.97. The van der Waals surface area contributed by atoms with Crippen molar-refractivity contribution in [2.45, 2.75) is 13.8 Å². The van der Waals surface area contributed by atoms with Crippen LogP contribution in [0.4, 0.5) is 0 Å². The minimum Gasteiger partial charge on any atom is -0.317 e. The molecule has 0 aromatic heterocycles. The van der Waals surface area contributed by atoms with Crippen LogP contribution in [0.2, 0.25) is 0 Å². The van der Waals surface area contributed by atoms with Crippen molar-refractivity contribution in [3.63, 3.8) is 0 Å². The van der Waals surface area contributed by atoms with Gasteiger partial charge in [0.15, 0.2) is 0 Å². The summed E-state index contributed by atoms with van der Waals surface area (Å²) >= 11 is 8.58. The Balaban J connectivity index is 2.62. The molecule has 0 aromatic rings. The minimum absolute atomic E-state index is 0.0835. The lowest BCUT2D eigenvalue weighted by Gasteiger charge is -2.38. The van der Waals surface area contributed by atoms with Crippen LogP contribution in [0.1, 0.15) is 13.8 Å². The zero-order valence-electron chi connectivity index (χ0n) is 7.82. The van der Waals surface area contributed by atoms with Crippen molar-refractivity contribution in [1.29, 1.82) is 0 Å². The normalized spacial score (nSPS) is 26.2. The van der Waals surface area contributed by atoms with E-state index >= 15 is 0 Å². The van der Waals surface area contributed by atoms with Gasteiger partial charge in [-0.1, -0.05) is 13.8 Å². The van der Waals surface area contributed by atoms with Crippen LogP contribution in [0.3, 0.4) is 0 Å². The fourth-order valence-electron chi connectivity index (χ4n) is 0.792. The largest absolute Gasteiger partial charge is 0.317 e. The van der Waals surface area contributed by atoms with Crippen molar-refractivity contribution in [1.82, 2.24) is 4.08 Å². The van der Waals surface area contributed by atoms with Crippen LogP contribution in [0, 0.1) is 5.41 Å². The smallest absolute Gasteiger partial charge is 0.274 e. The molecular formula is C6H13BrNO2PS2. The van der Waals surface area contributed by atoms with Crippen molar-refractivity contribution >= 4 is 43.6 Å². The predicted octanol–water partition coefficient (Wildman–Crippen LogP) is 3.17. The third-order valence-electron chi connectivity index (χ3n) is 1.68. The van der Waals surface area contributed by atoms with E-state index in [1.807, 2.05) is 11.1 Å². The van der Waals surface area contributed by atoms with Gasteiger partial charge in [0.05, 0.1) is 13.2 Å². The highest BCUT2D eigenvalue weighted by Gasteiger charge is 2.36. The first-order valence-electron chi connectivity index (χ1n) is 3.82. The number of rotatable bonds is 2. The van der Waals surface area contributed by atoms with Gasteiger partial charge in [0, 0.05) is 37.7 Å². The first-order chi connectivity index (χ1) is 5.90. The highest BCUT2D eigenvalue weighted by Crippen LogP contribution is 2.59. The summed E-state index contributed by atoms with van der Waals surface area (Å²) in [6.45, 7) is 3.34. The van der Waals surface area contributed by atoms with Gasteiger partial charge >= 0.3 is 0 Å². The highest BCUT2D eigenvalue weighted by atomic mass is 79.9. The van der Waals surface area contributed by atoms with Gasteiger partial charge in [0.2, 0.25) is 0 Å². The van der Waals surface area contributed by atoms with E-state index in [0.29, 0.717) is 13.2 Å². The molecular weight excluding hydrogens is 293 g/mol. The van der Waals surface area contributed by atoms with Crippen molar-refractivity contribution in [3.8, 4) is 0 Å². The van der Waals surface area contributed by atoms with Gasteiger partial charge in [-0.15, -0.1) is 0 Å². The molecule has 0 amide bonds. The zero-order valence-corrected chi connectivity index (χ0v) is 11.9. The number of hydrogen-bond donors (Lipinski definition) is 0. The first-order valence-corrected chi connectivity index (χ1v) is 9.02. The van der Waals surface area contributed by atoms with Gasteiger partial charge < -0.3 is 9.05 Å². The van der Waals surface area contributed by atoms with Gasteiger partial charge in [0.1, 0.15) is 0 Å². The Morgan fingerprint density at radius 1 is 1.46 bits per heavy atom. The van der Waals surface area contributed by atoms with Crippen molar-refractivity contribution < 1.29 is 9.05 Å². The Hall–Kier alpha value is 1.36. The average Bonchev–Trinajstić information content (AvgIpc) is 2.09. The van der Waals surface area contributed by atoms with Gasteiger partial charge in [-0.2, -0.15) is 4.08 Å². The standard InChI is InChI=1S/C6H13BrNO2PS2/c1-6(2)4-9-11(12,10-5-6)8(3)13-7/h4-5H2,1-3H3.